The summed E-state index contributed by atoms with van der Waals surface area (Å²) in [6.07, 6.45) is 1.42. The first-order chi connectivity index (χ1) is 16.0. The zero-order valence-electron chi connectivity index (χ0n) is 17.3. The Kier molecular flexibility index (Phi) is 6.38. The molecule has 33 heavy (non-hydrogen) atoms. The van der Waals surface area contributed by atoms with Crippen molar-refractivity contribution in [1.29, 1.82) is 5.26 Å². The number of hydrogen-bond acceptors (Lipinski definition) is 11. The summed E-state index contributed by atoms with van der Waals surface area (Å²) < 4.78 is 12.4. The second-order valence-electron chi connectivity index (χ2n) is 6.47. The van der Waals surface area contributed by atoms with Gasteiger partial charge in [-0.15, -0.1) is 10.2 Å². The molecule has 13 heteroatoms. The van der Waals surface area contributed by atoms with E-state index in [4.69, 9.17) is 9.47 Å². The molecular formula is C20H15N7O4S2. The van der Waals surface area contributed by atoms with Crippen molar-refractivity contribution in [3.8, 4) is 17.6 Å². The van der Waals surface area contributed by atoms with Gasteiger partial charge in [0.2, 0.25) is 10.1 Å². The van der Waals surface area contributed by atoms with Crippen LogP contribution in [-0.2, 0) is 11.4 Å². The largest absolute Gasteiger partial charge is 0.493 e. The summed E-state index contributed by atoms with van der Waals surface area (Å²) in [6, 6.07) is 8.18. The first kappa shape index (κ1) is 22.1. The van der Waals surface area contributed by atoms with Gasteiger partial charge in [0, 0.05) is 6.07 Å². The number of rotatable bonds is 7. The highest BCUT2D eigenvalue weighted by molar-refractivity contribution is 7.16. The number of nitriles is 1. The molecule has 0 bridgehead atoms. The standard InChI is InChI=1S/C20H15N7O4S2/c1-11-26-27-17(28)7-14(23-20(27)33-11)9-31-15-4-3-12(6-16(15)30-2)5-13(8-21)18(29)24-19-25-22-10-32-19/h3-7,10H,9H2,1-2H3,(H,24,25,29)/b13-5-. The van der Waals surface area contributed by atoms with Crippen molar-refractivity contribution in [2.45, 2.75) is 13.5 Å². The smallest absolute Gasteiger partial charge is 0.275 e. The number of methoxy groups -OCH3 is 1. The van der Waals surface area contributed by atoms with Crippen molar-refractivity contribution < 1.29 is 14.3 Å². The van der Waals surface area contributed by atoms with Crippen molar-refractivity contribution in [1.82, 2.24) is 24.8 Å². The third kappa shape index (κ3) is 5.03. The third-order valence-corrected chi connectivity index (χ3v) is 5.65. The van der Waals surface area contributed by atoms with E-state index in [0.29, 0.717) is 32.8 Å². The lowest BCUT2D eigenvalue weighted by Gasteiger charge is -2.11. The van der Waals surface area contributed by atoms with E-state index in [1.54, 1.807) is 25.1 Å². The molecule has 1 amide bonds. The maximum atomic E-state index is 12.3. The minimum absolute atomic E-state index is 0.0436. The average molecular weight is 482 g/mol. The normalized spacial score (nSPS) is 11.2. The molecule has 0 aliphatic rings. The van der Waals surface area contributed by atoms with Gasteiger partial charge in [-0.05, 0) is 30.7 Å². The lowest BCUT2D eigenvalue weighted by molar-refractivity contribution is -0.112. The van der Waals surface area contributed by atoms with Gasteiger partial charge in [-0.3, -0.25) is 14.9 Å². The predicted octanol–water partition coefficient (Wildman–Crippen LogP) is 2.44. The van der Waals surface area contributed by atoms with Gasteiger partial charge in [0.1, 0.15) is 28.8 Å². The van der Waals surface area contributed by atoms with Crippen LogP contribution in [0.4, 0.5) is 5.13 Å². The number of carbonyl (C=O) groups is 1. The quantitative estimate of drug-likeness (QED) is 0.311. The molecule has 4 aromatic rings. The van der Waals surface area contributed by atoms with Gasteiger partial charge in [0.25, 0.3) is 11.5 Å². The van der Waals surface area contributed by atoms with Gasteiger partial charge in [-0.2, -0.15) is 14.9 Å². The highest BCUT2D eigenvalue weighted by atomic mass is 32.1. The van der Waals surface area contributed by atoms with E-state index in [9.17, 15) is 14.9 Å². The molecule has 1 aromatic carbocycles. The highest BCUT2D eigenvalue weighted by Crippen LogP contribution is 2.29. The number of aryl methyl sites for hydroxylation is 1. The zero-order chi connectivity index (χ0) is 23.4. The number of aromatic nitrogens is 5. The van der Waals surface area contributed by atoms with Crippen molar-refractivity contribution in [3.05, 3.63) is 62.0 Å². The van der Waals surface area contributed by atoms with Gasteiger partial charge >= 0.3 is 0 Å². The Labute approximate surface area is 194 Å². The Bertz CT molecular complexity index is 1450. The molecular weight excluding hydrogens is 466 g/mol. The molecule has 4 rings (SSSR count). The number of amides is 1. The van der Waals surface area contributed by atoms with Gasteiger partial charge in [0.05, 0.1) is 12.8 Å². The van der Waals surface area contributed by atoms with Crippen LogP contribution in [0.25, 0.3) is 11.0 Å². The molecule has 0 fully saturated rings. The van der Waals surface area contributed by atoms with Crippen LogP contribution in [0.1, 0.15) is 16.3 Å². The van der Waals surface area contributed by atoms with Gasteiger partial charge < -0.3 is 9.47 Å². The fraction of sp³-hybridized carbons (Fsp3) is 0.150. The fourth-order valence-electron chi connectivity index (χ4n) is 2.78. The van der Waals surface area contributed by atoms with Crippen LogP contribution in [0.3, 0.4) is 0 Å². The van der Waals surface area contributed by atoms with E-state index in [0.717, 1.165) is 16.3 Å². The lowest BCUT2D eigenvalue weighted by Crippen LogP contribution is -2.16. The maximum absolute atomic E-state index is 12.3. The van der Waals surface area contributed by atoms with Crippen molar-refractivity contribution in [2.24, 2.45) is 0 Å². The summed E-state index contributed by atoms with van der Waals surface area (Å²) in [5.41, 5.74) is 2.08. The number of nitrogens with zero attached hydrogens (tertiary/aromatic N) is 6. The number of benzene rings is 1. The number of carbonyl (C=O) groups excluding carboxylic acids is 1. The SMILES string of the molecule is COc1cc(/C=C(/C#N)C(=O)Nc2nncs2)ccc1OCc1cc(=O)n2nc(C)sc2n1. The fourth-order valence-corrected chi connectivity index (χ4v) is 3.98. The first-order valence-electron chi connectivity index (χ1n) is 9.33. The Hall–Kier alpha value is -4.15. The molecule has 0 aliphatic carbocycles. The summed E-state index contributed by atoms with van der Waals surface area (Å²) in [5.74, 6) is 0.200. The minimum Gasteiger partial charge on any atom is -0.493 e. The number of nitrogens with one attached hydrogen (secondary N) is 1. The van der Waals surface area contributed by atoms with Crippen LogP contribution in [0.2, 0.25) is 0 Å². The van der Waals surface area contributed by atoms with Crippen LogP contribution in [0.5, 0.6) is 11.5 Å². The van der Waals surface area contributed by atoms with Crippen molar-refractivity contribution in [2.75, 3.05) is 12.4 Å². The predicted molar refractivity (Wildman–Crippen MR) is 121 cm³/mol. The van der Waals surface area contributed by atoms with E-state index in [2.05, 4.69) is 25.6 Å². The molecule has 0 unspecified atom stereocenters. The zero-order valence-corrected chi connectivity index (χ0v) is 18.9. The maximum Gasteiger partial charge on any atom is 0.275 e. The molecule has 0 atom stereocenters. The summed E-state index contributed by atoms with van der Waals surface area (Å²) in [4.78, 5) is 29.4. The van der Waals surface area contributed by atoms with Gasteiger partial charge in [-0.1, -0.05) is 28.7 Å². The van der Waals surface area contributed by atoms with Crippen LogP contribution in [0, 0.1) is 18.3 Å². The molecule has 3 aromatic heterocycles. The lowest BCUT2D eigenvalue weighted by atomic mass is 10.1. The Morgan fingerprint density at radius 3 is 2.91 bits per heavy atom. The van der Waals surface area contributed by atoms with E-state index in [1.807, 2.05) is 6.07 Å². The molecule has 0 radical (unpaired) electrons. The number of ether oxygens (including phenoxy) is 2. The van der Waals surface area contributed by atoms with Crippen LogP contribution >= 0.6 is 22.7 Å². The Morgan fingerprint density at radius 1 is 1.33 bits per heavy atom. The van der Waals surface area contributed by atoms with Crippen molar-refractivity contribution >= 4 is 44.7 Å². The van der Waals surface area contributed by atoms with E-state index < -0.39 is 5.91 Å². The van der Waals surface area contributed by atoms with Gasteiger partial charge in [0.15, 0.2) is 11.5 Å². The van der Waals surface area contributed by atoms with Crippen LogP contribution in [-0.4, -0.2) is 37.8 Å². The van der Waals surface area contributed by atoms with Crippen LogP contribution in [0.15, 0.2) is 40.1 Å². The summed E-state index contributed by atoms with van der Waals surface area (Å²) in [6.45, 7) is 1.84. The minimum atomic E-state index is -0.598. The monoisotopic (exact) mass is 481 g/mol. The highest BCUT2D eigenvalue weighted by Gasteiger charge is 2.13. The number of anilines is 1. The molecule has 0 spiro atoms. The van der Waals surface area contributed by atoms with Gasteiger partial charge in [-0.25, -0.2) is 4.98 Å². The average Bonchev–Trinajstić information content (AvgIpc) is 3.45. The Morgan fingerprint density at radius 2 is 2.18 bits per heavy atom. The number of hydrogen-bond donors (Lipinski definition) is 1. The summed E-state index contributed by atoms with van der Waals surface area (Å²) >= 11 is 2.45. The second-order valence-corrected chi connectivity index (χ2v) is 8.46. The summed E-state index contributed by atoms with van der Waals surface area (Å²) in [5, 5.41) is 24.4. The molecule has 0 saturated heterocycles. The molecule has 11 nitrogen and oxygen atoms in total. The Balaban J connectivity index is 1.51. The summed E-state index contributed by atoms with van der Waals surface area (Å²) in [7, 11) is 1.47. The van der Waals surface area contributed by atoms with Crippen LogP contribution < -0.4 is 20.3 Å². The number of fused-ring (bicyclic) bond motifs is 1. The molecule has 3 heterocycles. The molecule has 166 valence electrons. The van der Waals surface area contributed by atoms with E-state index in [-0.39, 0.29) is 17.7 Å². The third-order valence-electron chi connectivity index (χ3n) is 4.22. The topological polar surface area (TPSA) is 144 Å². The van der Waals surface area contributed by atoms with E-state index >= 15 is 0 Å². The molecule has 0 saturated carbocycles. The first-order valence-corrected chi connectivity index (χ1v) is 11.0. The second kappa shape index (κ2) is 9.55. The molecule has 1 N–H and O–H groups in total. The van der Waals surface area contributed by atoms with E-state index in [1.165, 1.54) is 40.6 Å². The van der Waals surface area contributed by atoms with Crippen molar-refractivity contribution in [3.63, 3.8) is 0 Å². The molecule has 0 aliphatic heterocycles.